The van der Waals surface area contributed by atoms with E-state index in [0.717, 1.165) is 12.2 Å². The molecule has 0 aliphatic rings. The number of nitrogen functional groups attached to an aromatic ring is 1. The second-order valence-corrected chi connectivity index (χ2v) is 5.29. The molecule has 4 heteroatoms. The van der Waals surface area contributed by atoms with Crippen LogP contribution in [-0.2, 0) is 6.54 Å². The SMILES string of the molecule is CN(C)Cc1ccc(N)cc1.Clc1cccc(Cl)c1. The minimum atomic E-state index is 0.678. The molecule has 0 fully saturated rings. The summed E-state index contributed by atoms with van der Waals surface area (Å²) in [5.74, 6) is 0. The number of halogens is 2. The van der Waals surface area contributed by atoms with E-state index in [1.54, 1.807) is 18.2 Å². The van der Waals surface area contributed by atoms with E-state index in [1.807, 2.05) is 18.2 Å². The number of nitrogens with zero attached hydrogens (tertiary/aromatic N) is 1. The maximum atomic E-state index is 5.56. The predicted octanol–water partition coefficient (Wildman–Crippen LogP) is 4.32. The highest BCUT2D eigenvalue weighted by atomic mass is 35.5. The van der Waals surface area contributed by atoms with Crippen LogP contribution in [0, 0.1) is 0 Å². The highest BCUT2D eigenvalue weighted by Crippen LogP contribution is 2.14. The smallest absolute Gasteiger partial charge is 0.0420 e. The van der Waals surface area contributed by atoms with Crippen molar-refractivity contribution in [1.82, 2.24) is 4.90 Å². The Morgan fingerprint density at radius 1 is 0.947 bits per heavy atom. The maximum Gasteiger partial charge on any atom is 0.0420 e. The van der Waals surface area contributed by atoms with Crippen LogP contribution in [0.15, 0.2) is 48.5 Å². The summed E-state index contributed by atoms with van der Waals surface area (Å²) < 4.78 is 0. The molecular formula is C15H18Cl2N2. The zero-order valence-corrected chi connectivity index (χ0v) is 12.6. The van der Waals surface area contributed by atoms with Crippen molar-refractivity contribution < 1.29 is 0 Å². The van der Waals surface area contributed by atoms with Crippen LogP contribution < -0.4 is 5.73 Å². The maximum absolute atomic E-state index is 5.56. The van der Waals surface area contributed by atoms with Crippen molar-refractivity contribution in [2.75, 3.05) is 19.8 Å². The van der Waals surface area contributed by atoms with Crippen LogP contribution >= 0.6 is 23.2 Å². The first kappa shape index (κ1) is 15.8. The normalized spacial score (nSPS) is 9.95. The van der Waals surface area contributed by atoms with E-state index in [9.17, 15) is 0 Å². The van der Waals surface area contributed by atoms with Crippen LogP contribution in [0.1, 0.15) is 5.56 Å². The van der Waals surface area contributed by atoms with Gasteiger partial charge in [-0.15, -0.1) is 0 Å². The van der Waals surface area contributed by atoms with Crippen molar-refractivity contribution in [2.45, 2.75) is 6.54 Å². The van der Waals surface area contributed by atoms with Gasteiger partial charge in [-0.1, -0.05) is 41.4 Å². The predicted molar refractivity (Wildman–Crippen MR) is 84.7 cm³/mol. The van der Waals surface area contributed by atoms with Gasteiger partial charge >= 0.3 is 0 Å². The monoisotopic (exact) mass is 296 g/mol. The molecule has 0 spiro atoms. The van der Waals surface area contributed by atoms with Gasteiger partial charge in [0.25, 0.3) is 0 Å². The fourth-order valence-electron chi connectivity index (χ4n) is 1.45. The van der Waals surface area contributed by atoms with Crippen molar-refractivity contribution >= 4 is 28.9 Å². The molecular weight excluding hydrogens is 279 g/mol. The van der Waals surface area contributed by atoms with E-state index in [4.69, 9.17) is 28.9 Å². The molecule has 0 saturated carbocycles. The lowest BCUT2D eigenvalue weighted by molar-refractivity contribution is 0.402. The third-order valence-corrected chi connectivity index (χ3v) is 2.74. The number of hydrogen-bond acceptors (Lipinski definition) is 2. The summed E-state index contributed by atoms with van der Waals surface area (Å²) in [6.07, 6.45) is 0. The largest absolute Gasteiger partial charge is 0.399 e. The molecule has 0 aliphatic heterocycles. The zero-order chi connectivity index (χ0) is 14.3. The van der Waals surface area contributed by atoms with Crippen molar-refractivity contribution in [3.63, 3.8) is 0 Å². The van der Waals surface area contributed by atoms with Gasteiger partial charge in [-0.2, -0.15) is 0 Å². The van der Waals surface area contributed by atoms with E-state index >= 15 is 0 Å². The first-order valence-corrected chi connectivity index (χ1v) is 6.63. The Hall–Kier alpha value is -1.22. The minimum absolute atomic E-state index is 0.678. The van der Waals surface area contributed by atoms with E-state index in [1.165, 1.54) is 5.56 Å². The standard InChI is InChI=1S/C9H14N2.C6H4Cl2/c1-11(2)7-8-3-5-9(10)6-4-8;7-5-2-1-3-6(8)4-5/h3-6H,7,10H2,1-2H3;1-4H. The topological polar surface area (TPSA) is 29.3 Å². The molecule has 0 aromatic heterocycles. The van der Waals surface area contributed by atoms with Gasteiger partial charge < -0.3 is 10.6 Å². The Labute approximate surface area is 124 Å². The van der Waals surface area contributed by atoms with Gasteiger partial charge in [0.1, 0.15) is 0 Å². The van der Waals surface area contributed by atoms with Crippen LogP contribution in [0.4, 0.5) is 5.69 Å². The Balaban J connectivity index is 0.000000200. The number of nitrogens with two attached hydrogens (primary N) is 1. The molecule has 2 nitrogen and oxygen atoms in total. The number of hydrogen-bond donors (Lipinski definition) is 1. The average Bonchev–Trinajstić information content (AvgIpc) is 2.32. The summed E-state index contributed by atoms with van der Waals surface area (Å²) in [6, 6.07) is 15.0. The molecule has 19 heavy (non-hydrogen) atoms. The van der Waals surface area contributed by atoms with Gasteiger partial charge in [0.15, 0.2) is 0 Å². The number of anilines is 1. The van der Waals surface area contributed by atoms with E-state index in [0.29, 0.717) is 10.0 Å². The fraction of sp³-hybridized carbons (Fsp3) is 0.200. The van der Waals surface area contributed by atoms with Gasteiger partial charge in [-0.05, 0) is 50.0 Å². The van der Waals surface area contributed by atoms with Crippen LogP contribution in [-0.4, -0.2) is 19.0 Å². The Morgan fingerprint density at radius 3 is 1.84 bits per heavy atom. The molecule has 2 rings (SSSR count). The Bertz CT molecular complexity index is 479. The molecule has 0 bridgehead atoms. The van der Waals surface area contributed by atoms with Gasteiger partial charge in [0, 0.05) is 22.3 Å². The highest BCUT2D eigenvalue weighted by molar-refractivity contribution is 6.34. The second-order valence-electron chi connectivity index (χ2n) is 4.42. The second kappa shape index (κ2) is 8.05. The molecule has 0 aliphatic carbocycles. The summed E-state index contributed by atoms with van der Waals surface area (Å²) in [5.41, 5.74) is 7.67. The Morgan fingerprint density at radius 2 is 1.47 bits per heavy atom. The summed E-state index contributed by atoms with van der Waals surface area (Å²) in [6.45, 7) is 0.972. The lowest BCUT2D eigenvalue weighted by Gasteiger charge is -2.08. The van der Waals surface area contributed by atoms with Crippen molar-refractivity contribution in [1.29, 1.82) is 0 Å². The lowest BCUT2D eigenvalue weighted by Crippen LogP contribution is -2.10. The molecule has 2 N–H and O–H groups in total. The van der Waals surface area contributed by atoms with Gasteiger partial charge in [-0.3, -0.25) is 0 Å². The molecule has 0 saturated heterocycles. The number of benzene rings is 2. The molecule has 0 atom stereocenters. The minimum Gasteiger partial charge on any atom is -0.399 e. The first-order valence-electron chi connectivity index (χ1n) is 5.87. The molecule has 0 radical (unpaired) electrons. The van der Waals surface area contributed by atoms with Crippen molar-refractivity contribution in [3.05, 3.63) is 64.1 Å². The fourth-order valence-corrected chi connectivity index (χ4v) is 1.88. The van der Waals surface area contributed by atoms with E-state index < -0.39 is 0 Å². The van der Waals surface area contributed by atoms with E-state index in [-0.39, 0.29) is 0 Å². The average molecular weight is 297 g/mol. The quantitative estimate of drug-likeness (QED) is 0.836. The molecule has 2 aromatic rings. The van der Waals surface area contributed by atoms with Gasteiger partial charge in [-0.25, -0.2) is 0 Å². The molecule has 102 valence electrons. The molecule has 0 unspecified atom stereocenters. The number of rotatable bonds is 2. The van der Waals surface area contributed by atoms with Crippen molar-refractivity contribution in [3.8, 4) is 0 Å². The van der Waals surface area contributed by atoms with Gasteiger partial charge in [0.2, 0.25) is 0 Å². The van der Waals surface area contributed by atoms with Crippen LogP contribution in [0.3, 0.4) is 0 Å². The third-order valence-electron chi connectivity index (χ3n) is 2.27. The van der Waals surface area contributed by atoms with Crippen LogP contribution in [0.5, 0.6) is 0 Å². The third kappa shape index (κ3) is 7.06. The summed E-state index contributed by atoms with van der Waals surface area (Å²) >= 11 is 11.1. The van der Waals surface area contributed by atoms with Crippen molar-refractivity contribution in [2.24, 2.45) is 0 Å². The Kier molecular flexibility index (Phi) is 6.71. The molecule has 0 heterocycles. The molecule has 2 aromatic carbocycles. The first-order chi connectivity index (χ1) is 8.97. The van der Waals surface area contributed by atoms with Crippen LogP contribution in [0.2, 0.25) is 10.0 Å². The summed E-state index contributed by atoms with van der Waals surface area (Å²) in [7, 11) is 4.10. The summed E-state index contributed by atoms with van der Waals surface area (Å²) in [4.78, 5) is 2.13. The lowest BCUT2D eigenvalue weighted by atomic mass is 10.2. The highest BCUT2D eigenvalue weighted by Gasteiger charge is 1.92. The molecule has 0 amide bonds. The van der Waals surface area contributed by atoms with Crippen LogP contribution in [0.25, 0.3) is 0 Å². The zero-order valence-electron chi connectivity index (χ0n) is 11.1. The van der Waals surface area contributed by atoms with Gasteiger partial charge in [0.05, 0.1) is 0 Å². The van der Waals surface area contributed by atoms with E-state index in [2.05, 4.69) is 31.1 Å². The summed E-state index contributed by atoms with van der Waals surface area (Å²) in [5, 5.41) is 1.36.